The fraction of sp³-hybridized carbons (Fsp3) is 0.423. The minimum atomic E-state index is -0.792. The molecule has 2 aromatic carbocycles. The number of carbonyl (C=O) groups excluding carboxylic acids is 1. The van der Waals surface area contributed by atoms with E-state index in [1.807, 2.05) is 36.9 Å². The third-order valence-corrected chi connectivity index (χ3v) is 5.73. The summed E-state index contributed by atoms with van der Waals surface area (Å²) in [6.45, 7) is 7.94. The molecule has 170 valence electrons. The van der Waals surface area contributed by atoms with Crippen molar-refractivity contribution < 1.29 is 19.0 Å². The van der Waals surface area contributed by atoms with Gasteiger partial charge >= 0.3 is 0 Å². The number of hydrogen-bond acceptors (Lipinski definition) is 5. The lowest BCUT2D eigenvalue weighted by atomic mass is 10.1. The van der Waals surface area contributed by atoms with Gasteiger partial charge in [-0.05, 0) is 44.0 Å². The molecule has 2 aliphatic rings. The molecule has 32 heavy (non-hydrogen) atoms. The first kappa shape index (κ1) is 22.2. The van der Waals surface area contributed by atoms with E-state index in [1.165, 1.54) is 0 Å². The number of amides is 1. The summed E-state index contributed by atoms with van der Waals surface area (Å²) in [6, 6.07) is 14.0. The first-order valence-corrected chi connectivity index (χ1v) is 11.2. The number of nitrogens with one attached hydrogen (secondary N) is 1. The SMILES string of the molecule is COc1cc(C(=O)N(CC(C)=Cc2ccccc2)C[C@@H]2CCCN2)cc2c1OC(C)(C)O2. The van der Waals surface area contributed by atoms with Gasteiger partial charge in [-0.1, -0.05) is 42.0 Å². The lowest BCUT2D eigenvalue weighted by Crippen LogP contribution is -2.42. The summed E-state index contributed by atoms with van der Waals surface area (Å²) in [7, 11) is 1.57. The Labute approximate surface area is 190 Å². The Hall–Kier alpha value is -2.99. The van der Waals surface area contributed by atoms with Gasteiger partial charge in [-0.15, -0.1) is 0 Å². The topological polar surface area (TPSA) is 60.0 Å². The van der Waals surface area contributed by atoms with E-state index < -0.39 is 5.79 Å². The zero-order valence-corrected chi connectivity index (χ0v) is 19.3. The van der Waals surface area contributed by atoms with Crippen LogP contribution in [0.5, 0.6) is 17.2 Å². The molecule has 1 N–H and O–H groups in total. The number of carbonyl (C=O) groups is 1. The van der Waals surface area contributed by atoms with Crippen LogP contribution in [0, 0.1) is 0 Å². The zero-order valence-electron chi connectivity index (χ0n) is 19.3. The highest BCUT2D eigenvalue weighted by molar-refractivity contribution is 5.96. The van der Waals surface area contributed by atoms with Crippen molar-refractivity contribution in [1.82, 2.24) is 10.2 Å². The van der Waals surface area contributed by atoms with Crippen LogP contribution >= 0.6 is 0 Å². The van der Waals surface area contributed by atoms with Crippen molar-refractivity contribution in [3.8, 4) is 17.2 Å². The third-order valence-electron chi connectivity index (χ3n) is 5.73. The molecule has 0 bridgehead atoms. The summed E-state index contributed by atoms with van der Waals surface area (Å²) < 4.78 is 17.3. The minimum Gasteiger partial charge on any atom is -0.493 e. The highest BCUT2D eigenvalue weighted by Crippen LogP contribution is 2.46. The Bertz CT molecular complexity index is 994. The summed E-state index contributed by atoms with van der Waals surface area (Å²) in [5, 5.41) is 3.51. The van der Waals surface area contributed by atoms with Gasteiger partial charge in [0, 0.05) is 38.5 Å². The molecule has 0 radical (unpaired) electrons. The van der Waals surface area contributed by atoms with E-state index in [-0.39, 0.29) is 5.91 Å². The van der Waals surface area contributed by atoms with E-state index in [0.29, 0.717) is 41.9 Å². The quantitative estimate of drug-likeness (QED) is 0.693. The first-order chi connectivity index (χ1) is 15.3. The fourth-order valence-electron chi connectivity index (χ4n) is 4.32. The van der Waals surface area contributed by atoms with E-state index in [2.05, 4.69) is 30.4 Å². The maximum Gasteiger partial charge on any atom is 0.254 e. The average Bonchev–Trinajstić information content (AvgIpc) is 3.38. The molecular formula is C26H32N2O4. The van der Waals surface area contributed by atoms with Crippen LogP contribution in [0.1, 0.15) is 49.5 Å². The highest BCUT2D eigenvalue weighted by atomic mass is 16.7. The van der Waals surface area contributed by atoms with Crippen molar-refractivity contribution >= 4 is 12.0 Å². The lowest BCUT2D eigenvalue weighted by molar-refractivity contribution is -0.0439. The van der Waals surface area contributed by atoms with Crippen LogP contribution in [0.15, 0.2) is 48.0 Å². The molecule has 6 heteroatoms. The maximum absolute atomic E-state index is 13.7. The van der Waals surface area contributed by atoms with E-state index in [1.54, 1.807) is 19.2 Å². The van der Waals surface area contributed by atoms with Crippen molar-refractivity contribution in [3.63, 3.8) is 0 Å². The molecule has 0 unspecified atom stereocenters. The Morgan fingerprint density at radius 3 is 2.72 bits per heavy atom. The Balaban J connectivity index is 1.61. The Morgan fingerprint density at radius 1 is 1.25 bits per heavy atom. The maximum atomic E-state index is 13.7. The van der Waals surface area contributed by atoms with Gasteiger partial charge in [0.15, 0.2) is 11.5 Å². The van der Waals surface area contributed by atoms with Crippen LogP contribution in [-0.4, -0.2) is 49.4 Å². The summed E-state index contributed by atoms with van der Waals surface area (Å²) in [6.07, 6.45) is 4.34. The van der Waals surface area contributed by atoms with Crippen molar-refractivity contribution in [1.29, 1.82) is 0 Å². The molecule has 1 atom stereocenters. The number of benzene rings is 2. The van der Waals surface area contributed by atoms with Crippen molar-refractivity contribution in [2.45, 2.75) is 45.4 Å². The first-order valence-electron chi connectivity index (χ1n) is 11.2. The van der Waals surface area contributed by atoms with Gasteiger partial charge in [-0.3, -0.25) is 4.79 Å². The summed E-state index contributed by atoms with van der Waals surface area (Å²) in [5.41, 5.74) is 2.78. The number of hydrogen-bond donors (Lipinski definition) is 1. The standard InChI is InChI=1S/C26H32N2O4/c1-18(13-19-9-6-5-7-10-19)16-28(17-21-11-8-12-27-21)25(29)20-14-22(30-4)24-23(15-20)31-26(2,3)32-24/h5-7,9-10,13-15,21,27H,8,11-12,16-17H2,1-4H3/t21-/m0/s1. The second kappa shape index (κ2) is 9.25. The molecular weight excluding hydrogens is 404 g/mol. The molecule has 1 amide bonds. The van der Waals surface area contributed by atoms with Gasteiger partial charge < -0.3 is 24.4 Å². The molecule has 6 nitrogen and oxygen atoms in total. The molecule has 2 aliphatic heterocycles. The Morgan fingerprint density at radius 2 is 2.03 bits per heavy atom. The van der Waals surface area contributed by atoms with E-state index >= 15 is 0 Å². The number of rotatable bonds is 7. The molecule has 0 saturated carbocycles. The number of methoxy groups -OCH3 is 1. The van der Waals surface area contributed by atoms with Gasteiger partial charge in [-0.25, -0.2) is 0 Å². The average molecular weight is 437 g/mol. The van der Waals surface area contributed by atoms with E-state index in [9.17, 15) is 4.79 Å². The second-order valence-corrected chi connectivity index (χ2v) is 8.99. The fourth-order valence-corrected chi connectivity index (χ4v) is 4.32. The van der Waals surface area contributed by atoms with Gasteiger partial charge in [0.2, 0.25) is 11.5 Å². The van der Waals surface area contributed by atoms with E-state index in [4.69, 9.17) is 14.2 Å². The van der Waals surface area contributed by atoms with Crippen LogP contribution in [-0.2, 0) is 0 Å². The number of fused-ring (bicyclic) bond motifs is 1. The number of nitrogens with zero attached hydrogens (tertiary/aromatic N) is 1. The summed E-state index contributed by atoms with van der Waals surface area (Å²) >= 11 is 0. The molecule has 0 aromatic heterocycles. The minimum absolute atomic E-state index is 0.0473. The van der Waals surface area contributed by atoms with Crippen molar-refractivity contribution in [2.24, 2.45) is 0 Å². The molecule has 1 fully saturated rings. The summed E-state index contributed by atoms with van der Waals surface area (Å²) in [5.74, 6) is 0.743. The van der Waals surface area contributed by atoms with Gasteiger partial charge in [-0.2, -0.15) is 0 Å². The van der Waals surface area contributed by atoms with E-state index in [0.717, 1.165) is 30.5 Å². The monoisotopic (exact) mass is 436 g/mol. The second-order valence-electron chi connectivity index (χ2n) is 8.99. The predicted molar refractivity (Wildman–Crippen MR) is 125 cm³/mol. The van der Waals surface area contributed by atoms with Crippen LogP contribution < -0.4 is 19.5 Å². The largest absolute Gasteiger partial charge is 0.493 e. The lowest BCUT2D eigenvalue weighted by Gasteiger charge is -2.27. The number of ether oxygens (including phenoxy) is 3. The van der Waals surface area contributed by atoms with Crippen molar-refractivity contribution in [3.05, 3.63) is 59.2 Å². The predicted octanol–water partition coefficient (Wildman–Crippen LogP) is 4.50. The van der Waals surface area contributed by atoms with Gasteiger partial charge in [0.25, 0.3) is 5.91 Å². The molecule has 4 rings (SSSR count). The van der Waals surface area contributed by atoms with Crippen LogP contribution in [0.3, 0.4) is 0 Å². The molecule has 2 heterocycles. The highest BCUT2D eigenvalue weighted by Gasteiger charge is 2.36. The van der Waals surface area contributed by atoms with Crippen LogP contribution in [0.4, 0.5) is 0 Å². The van der Waals surface area contributed by atoms with Gasteiger partial charge in [0.1, 0.15) is 0 Å². The molecule has 0 aliphatic carbocycles. The zero-order chi connectivity index (χ0) is 22.7. The molecule has 0 spiro atoms. The smallest absolute Gasteiger partial charge is 0.254 e. The third kappa shape index (κ3) is 5.07. The normalized spacial score (nSPS) is 19.1. The molecule has 2 aromatic rings. The van der Waals surface area contributed by atoms with Crippen molar-refractivity contribution in [2.75, 3.05) is 26.7 Å². The summed E-state index contributed by atoms with van der Waals surface area (Å²) in [4.78, 5) is 15.6. The molecule has 1 saturated heterocycles. The van der Waals surface area contributed by atoms with Crippen LogP contribution in [0.25, 0.3) is 6.08 Å². The Kier molecular flexibility index (Phi) is 6.42. The van der Waals surface area contributed by atoms with Gasteiger partial charge in [0.05, 0.1) is 7.11 Å². The van der Waals surface area contributed by atoms with Crippen LogP contribution in [0.2, 0.25) is 0 Å².